The Labute approximate surface area is 122 Å². The Morgan fingerprint density at radius 2 is 1.75 bits per heavy atom. The second kappa shape index (κ2) is 6.89. The topological polar surface area (TPSA) is 32.3 Å². The first-order valence-corrected chi connectivity index (χ1v) is 7.67. The summed E-state index contributed by atoms with van der Waals surface area (Å²) in [6.07, 6.45) is 2.10. The summed E-state index contributed by atoms with van der Waals surface area (Å²) in [6.45, 7) is 7.93. The minimum absolute atomic E-state index is 0.114. The summed E-state index contributed by atoms with van der Waals surface area (Å²) in [5.41, 5.74) is 1.33. The van der Waals surface area contributed by atoms with Crippen molar-refractivity contribution in [2.75, 3.05) is 13.1 Å². The Hall–Kier alpha value is -1.35. The molecule has 1 saturated heterocycles. The third-order valence-corrected chi connectivity index (χ3v) is 4.09. The highest BCUT2D eigenvalue weighted by atomic mass is 16.2. The summed E-state index contributed by atoms with van der Waals surface area (Å²) in [7, 11) is 0. The second-order valence-corrected chi connectivity index (χ2v) is 6.05. The number of nitrogens with one attached hydrogen (secondary N) is 1. The zero-order valence-electron chi connectivity index (χ0n) is 12.8. The standard InChI is InChI=1S/C17H26N2O/c1-13(2)17(20)19-11-9-16(10-12-19)18-14(3)15-7-5-4-6-8-15/h4-8,13-14,16,18H,9-12H2,1-3H3. The number of carbonyl (C=O) groups excluding carboxylic acids is 1. The van der Waals surface area contributed by atoms with Crippen LogP contribution in [0.3, 0.4) is 0 Å². The lowest BCUT2D eigenvalue weighted by atomic mass is 10.0. The number of carbonyl (C=O) groups is 1. The molecular formula is C17H26N2O. The maximum atomic E-state index is 12.0. The second-order valence-electron chi connectivity index (χ2n) is 6.05. The maximum absolute atomic E-state index is 12.0. The van der Waals surface area contributed by atoms with E-state index in [1.165, 1.54) is 5.56 Å². The van der Waals surface area contributed by atoms with Crippen molar-refractivity contribution in [3.63, 3.8) is 0 Å². The minimum Gasteiger partial charge on any atom is -0.342 e. The van der Waals surface area contributed by atoms with Crippen LogP contribution in [0.2, 0.25) is 0 Å². The van der Waals surface area contributed by atoms with E-state index in [-0.39, 0.29) is 5.92 Å². The highest BCUT2D eigenvalue weighted by Gasteiger charge is 2.24. The van der Waals surface area contributed by atoms with E-state index in [0.29, 0.717) is 18.0 Å². The molecule has 1 aromatic rings. The average Bonchev–Trinajstić information content (AvgIpc) is 2.48. The van der Waals surface area contributed by atoms with Crippen molar-refractivity contribution >= 4 is 5.91 Å². The molecule has 1 fully saturated rings. The monoisotopic (exact) mass is 274 g/mol. The first-order chi connectivity index (χ1) is 9.58. The van der Waals surface area contributed by atoms with Gasteiger partial charge >= 0.3 is 0 Å². The van der Waals surface area contributed by atoms with Crippen LogP contribution in [-0.2, 0) is 4.79 Å². The number of rotatable bonds is 4. The molecule has 3 heteroatoms. The number of likely N-dealkylation sites (tertiary alicyclic amines) is 1. The summed E-state index contributed by atoms with van der Waals surface area (Å²) in [5.74, 6) is 0.405. The molecular weight excluding hydrogens is 248 g/mol. The highest BCUT2D eigenvalue weighted by Crippen LogP contribution is 2.18. The van der Waals surface area contributed by atoms with Crippen molar-refractivity contribution in [2.45, 2.75) is 45.7 Å². The quantitative estimate of drug-likeness (QED) is 0.915. The van der Waals surface area contributed by atoms with E-state index in [1.807, 2.05) is 24.8 Å². The van der Waals surface area contributed by atoms with Gasteiger partial charge in [-0.15, -0.1) is 0 Å². The molecule has 1 amide bonds. The fourth-order valence-electron chi connectivity index (χ4n) is 2.82. The van der Waals surface area contributed by atoms with E-state index in [2.05, 4.69) is 36.5 Å². The van der Waals surface area contributed by atoms with Gasteiger partial charge in [-0.1, -0.05) is 44.2 Å². The fourth-order valence-corrected chi connectivity index (χ4v) is 2.82. The van der Waals surface area contributed by atoms with E-state index >= 15 is 0 Å². The summed E-state index contributed by atoms with van der Waals surface area (Å²) >= 11 is 0. The molecule has 0 saturated carbocycles. The van der Waals surface area contributed by atoms with Gasteiger partial charge in [0.2, 0.25) is 5.91 Å². The van der Waals surface area contributed by atoms with Crippen molar-refractivity contribution < 1.29 is 4.79 Å². The third-order valence-electron chi connectivity index (χ3n) is 4.09. The summed E-state index contributed by atoms with van der Waals surface area (Å²) in [5, 5.41) is 3.69. The average molecular weight is 274 g/mol. The van der Waals surface area contributed by atoms with Crippen LogP contribution in [0, 0.1) is 5.92 Å². The number of nitrogens with zero attached hydrogens (tertiary/aromatic N) is 1. The van der Waals surface area contributed by atoms with Gasteiger partial charge in [-0.05, 0) is 25.3 Å². The predicted octanol–water partition coefficient (Wildman–Crippen LogP) is 2.98. The third kappa shape index (κ3) is 3.83. The minimum atomic E-state index is 0.114. The molecule has 20 heavy (non-hydrogen) atoms. The Bertz CT molecular complexity index is 422. The van der Waals surface area contributed by atoms with E-state index < -0.39 is 0 Å². The lowest BCUT2D eigenvalue weighted by Gasteiger charge is -2.35. The largest absolute Gasteiger partial charge is 0.342 e. The van der Waals surface area contributed by atoms with E-state index in [1.54, 1.807) is 0 Å². The summed E-state index contributed by atoms with van der Waals surface area (Å²) in [4.78, 5) is 14.0. The molecule has 0 radical (unpaired) electrons. The first kappa shape index (κ1) is 15.0. The molecule has 2 rings (SSSR count). The molecule has 1 N–H and O–H groups in total. The van der Waals surface area contributed by atoms with Crippen molar-refractivity contribution in [3.8, 4) is 0 Å². The van der Waals surface area contributed by atoms with Crippen molar-refractivity contribution in [1.29, 1.82) is 0 Å². The fraction of sp³-hybridized carbons (Fsp3) is 0.588. The molecule has 1 heterocycles. The molecule has 3 nitrogen and oxygen atoms in total. The van der Waals surface area contributed by atoms with Crippen LogP contribution in [0.1, 0.15) is 45.2 Å². The van der Waals surface area contributed by atoms with Gasteiger partial charge in [0.1, 0.15) is 0 Å². The molecule has 110 valence electrons. The Balaban J connectivity index is 1.81. The van der Waals surface area contributed by atoms with Crippen molar-refractivity contribution in [3.05, 3.63) is 35.9 Å². The lowest BCUT2D eigenvalue weighted by molar-refractivity contribution is -0.135. The number of amides is 1. The van der Waals surface area contributed by atoms with Gasteiger partial charge in [0.15, 0.2) is 0 Å². The van der Waals surface area contributed by atoms with E-state index in [0.717, 1.165) is 25.9 Å². The Morgan fingerprint density at radius 1 is 1.15 bits per heavy atom. The van der Waals surface area contributed by atoms with Gasteiger partial charge in [0, 0.05) is 31.1 Å². The van der Waals surface area contributed by atoms with Crippen molar-refractivity contribution in [1.82, 2.24) is 10.2 Å². The normalized spacial score (nSPS) is 18.3. The van der Waals surface area contributed by atoms with Crippen LogP contribution in [-0.4, -0.2) is 29.9 Å². The molecule has 0 bridgehead atoms. The molecule has 1 aromatic carbocycles. The number of hydrogen-bond acceptors (Lipinski definition) is 2. The number of hydrogen-bond donors (Lipinski definition) is 1. The molecule has 0 spiro atoms. The lowest BCUT2D eigenvalue weighted by Crippen LogP contribution is -2.46. The molecule has 1 atom stereocenters. The number of benzene rings is 1. The zero-order chi connectivity index (χ0) is 14.5. The predicted molar refractivity (Wildman–Crippen MR) is 82.4 cm³/mol. The molecule has 0 aliphatic carbocycles. The Morgan fingerprint density at radius 3 is 2.30 bits per heavy atom. The SMILES string of the molecule is CC(C)C(=O)N1CCC(NC(C)c2ccccc2)CC1. The number of piperidine rings is 1. The summed E-state index contributed by atoms with van der Waals surface area (Å²) < 4.78 is 0. The van der Waals surface area contributed by atoms with Gasteiger partial charge in [0.05, 0.1) is 0 Å². The van der Waals surface area contributed by atoms with Crippen LogP contribution in [0.25, 0.3) is 0 Å². The summed E-state index contributed by atoms with van der Waals surface area (Å²) in [6, 6.07) is 11.4. The van der Waals surface area contributed by atoms with Crippen LogP contribution < -0.4 is 5.32 Å². The molecule has 1 unspecified atom stereocenters. The molecule has 1 aliphatic heterocycles. The van der Waals surface area contributed by atoms with Crippen LogP contribution in [0.4, 0.5) is 0 Å². The maximum Gasteiger partial charge on any atom is 0.225 e. The van der Waals surface area contributed by atoms with Crippen LogP contribution in [0.15, 0.2) is 30.3 Å². The molecule has 1 aliphatic rings. The molecule has 0 aromatic heterocycles. The van der Waals surface area contributed by atoms with Gasteiger partial charge < -0.3 is 10.2 Å². The first-order valence-electron chi connectivity index (χ1n) is 7.67. The highest BCUT2D eigenvalue weighted by molar-refractivity contribution is 5.78. The van der Waals surface area contributed by atoms with Crippen molar-refractivity contribution in [2.24, 2.45) is 5.92 Å². The smallest absolute Gasteiger partial charge is 0.225 e. The van der Waals surface area contributed by atoms with Gasteiger partial charge in [-0.3, -0.25) is 4.79 Å². The van der Waals surface area contributed by atoms with E-state index in [9.17, 15) is 4.79 Å². The van der Waals surface area contributed by atoms with Gasteiger partial charge in [-0.25, -0.2) is 0 Å². The van der Waals surface area contributed by atoms with Gasteiger partial charge in [0.25, 0.3) is 0 Å². The van der Waals surface area contributed by atoms with Crippen LogP contribution in [0.5, 0.6) is 0 Å². The van der Waals surface area contributed by atoms with Gasteiger partial charge in [-0.2, -0.15) is 0 Å². The van der Waals surface area contributed by atoms with E-state index in [4.69, 9.17) is 0 Å². The van der Waals surface area contributed by atoms with Crippen LogP contribution >= 0.6 is 0 Å². The zero-order valence-corrected chi connectivity index (χ0v) is 12.8. The Kier molecular flexibility index (Phi) is 5.18.